The lowest BCUT2D eigenvalue weighted by Gasteiger charge is -2.24. The van der Waals surface area contributed by atoms with Gasteiger partial charge in [0.15, 0.2) is 16.3 Å². The molecule has 1 atom stereocenters. The quantitative estimate of drug-likeness (QED) is 0.0864. The van der Waals surface area contributed by atoms with Gasteiger partial charge in [0, 0.05) is 6.07 Å². The van der Waals surface area contributed by atoms with Gasteiger partial charge in [0.2, 0.25) is 5.75 Å². The maximum absolute atomic E-state index is 14.0. The maximum Gasteiger partial charge on any atom is 0.338 e. The summed E-state index contributed by atoms with van der Waals surface area (Å²) in [5, 5.41) is 22.7. The number of thiazole rings is 1. The van der Waals surface area contributed by atoms with Crippen LogP contribution in [0.5, 0.6) is 23.0 Å². The Morgan fingerprint density at radius 3 is 2.42 bits per heavy atom. The van der Waals surface area contributed by atoms with Crippen LogP contribution in [0, 0.1) is 20.2 Å². The van der Waals surface area contributed by atoms with Crippen LogP contribution in [0.25, 0.3) is 6.08 Å². The zero-order chi connectivity index (χ0) is 34.5. The summed E-state index contributed by atoms with van der Waals surface area (Å²) in [6.07, 6.45) is 3.25. The molecule has 5 rings (SSSR count). The fraction of sp³-hybridized carbons (Fsp3) is 0.182. The normalized spacial score (nSPS) is 14.1. The largest absolute Gasteiger partial charge is 0.493 e. The molecule has 1 aromatic heterocycles. The van der Waals surface area contributed by atoms with E-state index in [0.717, 1.165) is 29.5 Å². The van der Waals surface area contributed by atoms with Crippen LogP contribution < -0.4 is 29.1 Å². The van der Waals surface area contributed by atoms with E-state index in [-0.39, 0.29) is 29.4 Å². The second-order valence-corrected chi connectivity index (χ2v) is 11.2. The van der Waals surface area contributed by atoms with Crippen LogP contribution in [0.3, 0.4) is 0 Å². The molecule has 1 aliphatic heterocycles. The number of aromatic nitrogens is 1. The number of carbonyl (C=O) groups excluding carboxylic acids is 1. The molecule has 4 aromatic rings. The number of nitro groups is 2. The van der Waals surface area contributed by atoms with Crippen LogP contribution in [0.2, 0.25) is 0 Å². The Balaban J connectivity index is 1.56. The van der Waals surface area contributed by atoms with E-state index in [1.165, 1.54) is 17.7 Å². The van der Waals surface area contributed by atoms with Gasteiger partial charge in [-0.1, -0.05) is 42.2 Å². The summed E-state index contributed by atoms with van der Waals surface area (Å²) in [7, 11) is 1.37. The van der Waals surface area contributed by atoms with Crippen molar-refractivity contribution in [1.82, 2.24) is 4.57 Å². The van der Waals surface area contributed by atoms with Gasteiger partial charge in [0.05, 0.1) is 51.5 Å². The number of carbonyl (C=O) groups is 1. The zero-order valence-corrected chi connectivity index (χ0v) is 26.7. The molecule has 0 radical (unpaired) electrons. The van der Waals surface area contributed by atoms with E-state index in [9.17, 15) is 29.8 Å². The van der Waals surface area contributed by atoms with Crippen LogP contribution >= 0.6 is 11.3 Å². The molecule has 0 saturated heterocycles. The number of fused-ring (bicyclic) bond motifs is 1. The molecule has 0 saturated carbocycles. The number of rotatable bonds is 12. The van der Waals surface area contributed by atoms with Gasteiger partial charge in [-0.05, 0) is 61.4 Å². The van der Waals surface area contributed by atoms with Crippen LogP contribution in [0.4, 0.5) is 11.4 Å². The molecule has 2 heterocycles. The molecular formula is C33H28N4O10S. The number of hydrogen-bond acceptors (Lipinski definition) is 12. The molecule has 0 N–H and O–H groups in total. The van der Waals surface area contributed by atoms with Crippen LogP contribution in [0.1, 0.15) is 31.0 Å². The lowest BCUT2D eigenvalue weighted by molar-refractivity contribution is -0.394. The summed E-state index contributed by atoms with van der Waals surface area (Å²) in [5.74, 6) is 0.0650. The zero-order valence-electron chi connectivity index (χ0n) is 25.9. The summed E-state index contributed by atoms with van der Waals surface area (Å²) < 4.78 is 23.9. The van der Waals surface area contributed by atoms with Crippen molar-refractivity contribution in [1.29, 1.82) is 0 Å². The van der Waals surface area contributed by atoms with Gasteiger partial charge in [-0.2, -0.15) is 0 Å². The first kappa shape index (κ1) is 33.3. The molecule has 1 aliphatic rings. The van der Waals surface area contributed by atoms with Gasteiger partial charge in [0.25, 0.3) is 11.2 Å². The summed E-state index contributed by atoms with van der Waals surface area (Å²) in [6, 6.07) is 13.9. The highest BCUT2D eigenvalue weighted by Crippen LogP contribution is 2.38. The van der Waals surface area contributed by atoms with E-state index in [1.807, 2.05) is 0 Å². The highest BCUT2D eigenvalue weighted by atomic mass is 32.1. The molecule has 0 spiro atoms. The maximum atomic E-state index is 14.0. The predicted octanol–water partition coefficient (Wildman–Crippen LogP) is 4.98. The van der Waals surface area contributed by atoms with Crippen molar-refractivity contribution < 1.29 is 33.6 Å². The standard InChI is InChI=1S/C33H28N4O10S/c1-5-15-46-23-11-8-21(9-12-23)30-29(32(39)45-6-2)19(3)34-33-35(30)31(38)28(48-33)17-20-7-13-26(27(16-20)44-4)47-25-14-10-22(36(40)41)18-24(25)37(42)43/h5,7-14,16-18,30H,1,6,15H2,2-4H3/b28-17-/t30-/m0/s1. The minimum Gasteiger partial charge on any atom is -0.493 e. The number of esters is 1. The van der Waals surface area contributed by atoms with E-state index in [2.05, 4.69) is 11.6 Å². The molecule has 48 heavy (non-hydrogen) atoms. The molecule has 0 amide bonds. The number of allylic oxidation sites excluding steroid dienone is 1. The summed E-state index contributed by atoms with van der Waals surface area (Å²) in [6.45, 7) is 7.49. The van der Waals surface area contributed by atoms with E-state index in [1.54, 1.807) is 62.4 Å². The van der Waals surface area contributed by atoms with E-state index in [4.69, 9.17) is 18.9 Å². The molecule has 246 valence electrons. The van der Waals surface area contributed by atoms with Crippen molar-refractivity contribution in [2.75, 3.05) is 20.3 Å². The minimum atomic E-state index is -0.821. The number of nitrogens with zero attached hydrogens (tertiary/aromatic N) is 4. The van der Waals surface area contributed by atoms with Crippen molar-refractivity contribution in [2.24, 2.45) is 4.99 Å². The van der Waals surface area contributed by atoms with Crippen molar-refractivity contribution in [3.05, 3.63) is 136 Å². The van der Waals surface area contributed by atoms with Crippen molar-refractivity contribution in [3.63, 3.8) is 0 Å². The number of non-ortho nitro benzene ring substituents is 1. The summed E-state index contributed by atoms with van der Waals surface area (Å²) in [5.41, 5.74) is 0.381. The van der Waals surface area contributed by atoms with Gasteiger partial charge in [-0.3, -0.25) is 29.6 Å². The smallest absolute Gasteiger partial charge is 0.338 e. The minimum absolute atomic E-state index is 0.100. The Labute approximate surface area is 276 Å². The third kappa shape index (κ3) is 6.71. The number of nitro benzene ring substituents is 2. The first-order valence-electron chi connectivity index (χ1n) is 14.4. The Hall–Kier alpha value is -6.09. The Bertz CT molecular complexity index is 2150. The Morgan fingerprint density at radius 1 is 1.04 bits per heavy atom. The molecule has 0 bridgehead atoms. The molecule has 14 nitrogen and oxygen atoms in total. The molecule has 0 fully saturated rings. The predicted molar refractivity (Wildman–Crippen MR) is 175 cm³/mol. The first-order valence-corrected chi connectivity index (χ1v) is 15.2. The third-order valence-electron chi connectivity index (χ3n) is 7.14. The fourth-order valence-corrected chi connectivity index (χ4v) is 6.03. The molecule has 15 heteroatoms. The lowest BCUT2D eigenvalue weighted by Crippen LogP contribution is -2.39. The van der Waals surface area contributed by atoms with E-state index < -0.39 is 38.8 Å². The van der Waals surface area contributed by atoms with Gasteiger partial charge in [-0.15, -0.1) is 0 Å². The van der Waals surface area contributed by atoms with E-state index >= 15 is 0 Å². The molecule has 0 unspecified atom stereocenters. The highest BCUT2D eigenvalue weighted by Gasteiger charge is 2.33. The number of benzene rings is 3. The third-order valence-corrected chi connectivity index (χ3v) is 8.12. The van der Waals surface area contributed by atoms with Crippen molar-refractivity contribution >= 4 is 34.8 Å². The summed E-state index contributed by atoms with van der Waals surface area (Å²) >= 11 is 1.13. The molecule has 0 aliphatic carbocycles. The average molecular weight is 673 g/mol. The fourth-order valence-electron chi connectivity index (χ4n) is 4.98. The number of ether oxygens (including phenoxy) is 4. The topological polar surface area (TPSA) is 175 Å². The second kappa shape index (κ2) is 14.1. The molecule has 3 aromatic carbocycles. The Morgan fingerprint density at radius 2 is 1.77 bits per heavy atom. The van der Waals surface area contributed by atoms with Crippen molar-refractivity contribution in [2.45, 2.75) is 19.9 Å². The van der Waals surface area contributed by atoms with Gasteiger partial charge < -0.3 is 18.9 Å². The van der Waals surface area contributed by atoms with E-state index in [0.29, 0.717) is 38.5 Å². The SMILES string of the molecule is C=CCOc1ccc([C@H]2C(C(=O)OCC)=C(C)N=c3s/c(=C\c4ccc(Oc5ccc([N+](=O)[O-])cc5[N+](=O)[O-])c(OC)c4)c(=O)n32)cc1. The molecular weight excluding hydrogens is 644 g/mol. The van der Waals surface area contributed by atoms with Gasteiger partial charge in [0.1, 0.15) is 12.4 Å². The summed E-state index contributed by atoms with van der Waals surface area (Å²) in [4.78, 5) is 53.3. The van der Waals surface area contributed by atoms with Gasteiger partial charge >= 0.3 is 11.7 Å². The average Bonchev–Trinajstić information content (AvgIpc) is 3.37. The number of hydrogen-bond donors (Lipinski definition) is 0. The lowest BCUT2D eigenvalue weighted by atomic mass is 9.96. The van der Waals surface area contributed by atoms with Crippen LogP contribution in [-0.2, 0) is 9.53 Å². The second-order valence-electron chi connectivity index (χ2n) is 10.1. The van der Waals surface area contributed by atoms with Crippen LogP contribution in [-0.4, -0.2) is 40.7 Å². The first-order chi connectivity index (χ1) is 23.1. The van der Waals surface area contributed by atoms with Crippen molar-refractivity contribution in [3.8, 4) is 23.0 Å². The highest BCUT2D eigenvalue weighted by molar-refractivity contribution is 7.07. The monoisotopic (exact) mass is 672 g/mol. The van der Waals surface area contributed by atoms with Gasteiger partial charge in [-0.25, -0.2) is 9.79 Å². The Kier molecular flexibility index (Phi) is 9.80. The van der Waals surface area contributed by atoms with Crippen LogP contribution in [0.15, 0.2) is 94.4 Å². The number of methoxy groups -OCH3 is 1.